The summed E-state index contributed by atoms with van der Waals surface area (Å²) in [4.78, 5) is 22.6. The first-order valence-electron chi connectivity index (χ1n) is 7.56. The van der Waals surface area contributed by atoms with Gasteiger partial charge in [0.25, 0.3) is 0 Å². The molecule has 0 aromatic heterocycles. The summed E-state index contributed by atoms with van der Waals surface area (Å²) in [5.41, 5.74) is 0.990. The standard InChI is InChI=1S/C17H20O4/c1-11-6-12(7-11)10-20-15-4-2-13(3-5-15)14-8-16(18)21-17(19)9-14/h2-5,11-12,14H,6-10H2,1H3. The fourth-order valence-corrected chi connectivity index (χ4v) is 3.18. The summed E-state index contributed by atoms with van der Waals surface area (Å²) in [6.07, 6.45) is 3.05. The average Bonchev–Trinajstić information content (AvgIpc) is 2.42. The average molecular weight is 288 g/mol. The zero-order chi connectivity index (χ0) is 14.8. The van der Waals surface area contributed by atoms with Gasteiger partial charge in [-0.05, 0) is 42.4 Å². The molecule has 0 atom stereocenters. The lowest BCUT2D eigenvalue weighted by Gasteiger charge is -2.32. The Hall–Kier alpha value is -1.84. The molecule has 21 heavy (non-hydrogen) atoms. The number of carbonyl (C=O) groups is 2. The number of rotatable bonds is 4. The molecule has 0 radical (unpaired) electrons. The fraction of sp³-hybridized carbons (Fsp3) is 0.529. The van der Waals surface area contributed by atoms with Crippen molar-refractivity contribution in [1.82, 2.24) is 0 Å². The van der Waals surface area contributed by atoms with Crippen LogP contribution in [0.4, 0.5) is 0 Å². The molecule has 1 heterocycles. The molecule has 1 aliphatic heterocycles. The summed E-state index contributed by atoms with van der Waals surface area (Å²) >= 11 is 0. The van der Waals surface area contributed by atoms with E-state index in [9.17, 15) is 9.59 Å². The molecule has 4 nitrogen and oxygen atoms in total. The normalized spacial score (nSPS) is 26.1. The van der Waals surface area contributed by atoms with Crippen LogP contribution in [0.3, 0.4) is 0 Å². The monoisotopic (exact) mass is 288 g/mol. The van der Waals surface area contributed by atoms with Crippen molar-refractivity contribution < 1.29 is 19.1 Å². The molecule has 112 valence electrons. The minimum absolute atomic E-state index is 0.0692. The molecule has 1 saturated carbocycles. The SMILES string of the molecule is CC1CC(COc2ccc(C3CC(=O)OC(=O)C3)cc2)C1. The lowest BCUT2D eigenvalue weighted by Crippen LogP contribution is -2.26. The van der Waals surface area contributed by atoms with Crippen LogP contribution in [-0.4, -0.2) is 18.5 Å². The van der Waals surface area contributed by atoms with Crippen LogP contribution in [0.2, 0.25) is 0 Å². The molecule has 0 N–H and O–H groups in total. The van der Waals surface area contributed by atoms with Gasteiger partial charge in [0.05, 0.1) is 19.4 Å². The Morgan fingerprint density at radius 1 is 1.10 bits per heavy atom. The molecule has 1 aliphatic carbocycles. The number of carbonyl (C=O) groups excluding carboxylic acids is 2. The van der Waals surface area contributed by atoms with E-state index in [0.717, 1.165) is 23.8 Å². The lowest BCUT2D eigenvalue weighted by atomic mass is 9.77. The van der Waals surface area contributed by atoms with Gasteiger partial charge in [0.2, 0.25) is 0 Å². The van der Waals surface area contributed by atoms with Crippen LogP contribution in [0.15, 0.2) is 24.3 Å². The first kappa shape index (κ1) is 14.1. The summed E-state index contributed by atoms with van der Waals surface area (Å²) < 4.78 is 10.3. The summed E-state index contributed by atoms with van der Waals surface area (Å²) in [5, 5.41) is 0. The Bertz CT molecular complexity index is 512. The molecule has 0 amide bonds. The lowest BCUT2D eigenvalue weighted by molar-refractivity contribution is -0.163. The zero-order valence-electron chi connectivity index (χ0n) is 12.2. The van der Waals surface area contributed by atoms with Crippen molar-refractivity contribution in [3.05, 3.63) is 29.8 Å². The largest absolute Gasteiger partial charge is 0.493 e. The zero-order valence-corrected chi connectivity index (χ0v) is 12.2. The molecule has 0 spiro atoms. The molecule has 0 bridgehead atoms. The Morgan fingerprint density at radius 2 is 1.71 bits per heavy atom. The summed E-state index contributed by atoms with van der Waals surface area (Å²) in [6.45, 7) is 3.04. The van der Waals surface area contributed by atoms with Crippen molar-refractivity contribution >= 4 is 11.9 Å². The molecule has 1 aromatic rings. The Kier molecular flexibility index (Phi) is 3.95. The third kappa shape index (κ3) is 3.43. The van der Waals surface area contributed by atoms with E-state index in [4.69, 9.17) is 4.74 Å². The summed E-state index contributed by atoms with van der Waals surface area (Å²) in [6, 6.07) is 7.72. The van der Waals surface area contributed by atoms with Gasteiger partial charge in [-0.2, -0.15) is 0 Å². The van der Waals surface area contributed by atoms with E-state index in [1.54, 1.807) is 0 Å². The van der Waals surface area contributed by atoms with Crippen molar-refractivity contribution in [2.75, 3.05) is 6.61 Å². The van der Waals surface area contributed by atoms with E-state index in [1.165, 1.54) is 12.8 Å². The van der Waals surface area contributed by atoms with Gasteiger partial charge in [-0.1, -0.05) is 19.1 Å². The fourth-order valence-electron chi connectivity index (χ4n) is 3.18. The first-order valence-corrected chi connectivity index (χ1v) is 7.56. The highest BCUT2D eigenvalue weighted by Gasteiger charge is 2.28. The number of esters is 2. The molecule has 1 aromatic carbocycles. The van der Waals surface area contributed by atoms with Gasteiger partial charge < -0.3 is 9.47 Å². The highest BCUT2D eigenvalue weighted by Crippen LogP contribution is 2.34. The number of cyclic esters (lactones) is 2. The van der Waals surface area contributed by atoms with E-state index in [0.29, 0.717) is 5.92 Å². The highest BCUT2D eigenvalue weighted by atomic mass is 16.6. The maximum absolute atomic E-state index is 11.3. The topological polar surface area (TPSA) is 52.6 Å². The van der Waals surface area contributed by atoms with Crippen LogP contribution < -0.4 is 4.74 Å². The maximum atomic E-state index is 11.3. The quantitative estimate of drug-likeness (QED) is 0.631. The van der Waals surface area contributed by atoms with Crippen molar-refractivity contribution in [2.45, 2.75) is 38.5 Å². The van der Waals surface area contributed by atoms with E-state index in [1.807, 2.05) is 24.3 Å². The highest BCUT2D eigenvalue weighted by molar-refractivity contribution is 5.89. The number of hydrogen-bond donors (Lipinski definition) is 0. The van der Waals surface area contributed by atoms with Crippen molar-refractivity contribution in [3.8, 4) is 5.75 Å². The molecular formula is C17H20O4. The van der Waals surface area contributed by atoms with Gasteiger partial charge in [-0.3, -0.25) is 9.59 Å². The van der Waals surface area contributed by atoms with Gasteiger partial charge in [0.15, 0.2) is 0 Å². The van der Waals surface area contributed by atoms with Crippen LogP contribution in [0.5, 0.6) is 5.75 Å². The van der Waals surface area contributed by atoms with E-state index >= 15 is 0 Å². The van der Waals surface area contributed by atoms with Gasteiger partial charge >= 0.3 is 11.9 Å². The van der Waals surface area contributed by atoms with Crippen LogP contribution in [-0.2, 0) is 14.3 Å². The van der Waals surface area contributed by atoms with Crippen molar-refractivity contribution in [1.29, 1.82) is 0 Å². The third-order valence-corrected chi connectivity index (χ3v) is 4.36. The number of hydrogen-bond acceptors (Lipinski definition) is 4. The second-order valence-electron chi connectivity index (χ2n) is 6.27. The maximum Gasteiger partial charge on any atom is 0.314 e. The van der Waals surface area contributed by atoms with Gasteiger partial charge in [-0.25, -0.2) is 0 Å². The van der Waals surface area contributed by atoms with Crippen LogP contribution >= 0.6 is 0 Å². The van der Waals surface area contributed by atoms with Crippen LogP contribution in [0.25, 0.3) is 0 Å². The predicted octanol–water partition coefficient (Wildman–Crippen LogP) is 3.06. The molecule has 4 heteroatoms. The van der Waals surface area contributed by atoms with Crippen molar-refractivity contribution in [2.24, 2.45) is 11.8 Å². The van der Waals surface area contributed by atoms with Crippen LogP contribution in [0, 0.1) is 11.8 Å². The molecule has 0 unspecified atom stereocenters. The Balaban J connectivity index is 1.56. The smallest absolute Gasteiger partial charge is 0.314 e. The molecule has 3 rings (SSSR count). The second kappa shape index (κ2) is 5.88. The van der Waals surface area contributed by atoms with Gasteiger partial charge in [0, 0.05) is 5.92 Å². The van der Waals surface area contributed by atoms with Crippen LogP contribution in [0.1, 0.15) is 44.1 Å². The Labute approximate surface area is 124 Å². The van der Waals surface area contributed by atoms with Gasteiger partial charge in [-0.15, -0.1) is 0 Å². The minimum Gasteiger partial charge on any atom is -0.493 e. The van der Waals surface area contributed by atoms with E-state index in [2.05, 4.69) is 11.7 Å². The Morgan fingerprint density at radius 3 is 2.29 bits per heavy atom. The van der Waals surface area contributed by atoms with E-state index in [-0.39, 0.29) is 18.8 Å². The predicted molar refractivity (Wildman–Crippen MR) is 76.9 cm³/mol. The first-order chi connectivity index (χ1) is 10.1. The number of ether oxygens (including phenoxy) is 2. The summed E-state index contributed by atoms with van der Waals surface area (Å²) in [5.74, 6) is 1.43. The molecular weight excluding hydrogens is 268 g/mol. The van der Waals surface area contributed by atoms with Gasteiger partial charge in [0.1, 0.15) is 5.75 Å². The third-order valence-electron chi connectivity index (χ3n) is 4.36. The van der Waals surface area contributed by atoms with E-state index < -0.39 is 11.9 Å². The summed E-state index contributed by atoms with van der Waals surface area (Å²) in [7, 11) is 0. The minimum atomic E-state index is -0.435. The molecule has 2 fully saturated rings. The molecule has 2 aliphatic rings. The molecule has 1 saturated heterocycles. The second-order valence-corrected chi connectivity index (χ2v) is 6.27. The van der Waals surface area contributed by atoms with Crippen molar-refractivity contribution in [3.63, 3.8) is 0 Å². The number of benzene rings is 1.